The number of carbonyl (C=O) groups is 1. The quantitative estimate of drug-likeness (QED) is 0.904. The highest BCUT2D eigenvalue weighted by atomic mass is 16.5. The number of aryl methyl sites for hydroxylation is 3. The number of carbonyl (C=O) groups excluding carboxylic acids is 1. The zero-order valence-electron chi connectivity index (χ0n) is 14.5. The van der Waals surface area contributed by atoms with Crippen LogP contribution in [0.4, 0.5) is 0 Å². The Morgan fingerprint density at radius 2 is 1.88 bits per heavy atom. The molecule has 3 nitrogen and oxygen atoms in total. The molecule has 0 bridgehead atoms. The van der Waals surface area contributed by atoms with E-state index in [1.165, 1.54) is 29.5 Å². The van der Waals surface area contributed by atoms with E-state index in [2.05, 4.69) is 30.4 Å². The molecule has 0 saturated carbocycles. The van der Waals surface area contributed by atoms with Crippen LogP contribution in [0.2, 0.25) is 0 Å². The summed E-state index contributed by atoms with van der Waals surface area (Å²) in [5.74, 6) is 0.699. The van der Waals surface area contributed by atoms with Gasteiger partial charge in [0, 0.05) is 6.54 Å². The largest absolute Gasteiger partial charge is 0.481 e. The molecule has 1 aliphatic carbocycles. The number of fused-ring (bicyclic) bond motifs is 1. The van der Waals surface area contributed by atoms with Gasteiger partial charge in [0.1, 0.15) is 5.75 Å². The zero-order chi connectivity index (χ0) is 16.9. The molecule has 24 heavy (non-hydrogen) atoms. The Kier molecular flexibility index (Phi) is 5.19. The van der Waals surface area contributed by atoms with Crippen molar-refractivity contribution in [3.8, 4) is 5.75 Å². The molecule has 0 fully saturated rings. The van der Waals surface area contributed by atoms with E-state index in [0.29, 0.717) is 6.54 Å². The minimum atomic E-state index is -0.504. The molecule has 1 unspecified atom stereocenters. The standard InChI is InChI=1S/C21H25NO2/c1-15-7-3-4-10-19(15)14-22-21(23)16(2)24-20-12-11-17-8-5-6-9-18(17)13-20/h3-4,7,10-13,16H,5-6,8-9,14H2,1-2H3,(H,22,23). The first-order chi connectivity index (χ1) is 11.6. The summed E-state index contributed by atoms with van der Waals surface area (Å²) < 4.78 is 5.85. The normalized spacial score (nSPS) is 14.6. The molecule has 1 aliphatic rings. The van der Waals surface area contributed by atoms with Gasteiger partial charge >= 0.3 is 0 Å². The van der Waals surface area contributed by atoms with Gasteiger partial charge in [0.2, 0.25) is 0 Å². The maximum Gasteiger partial charge on any atom is 0.261 e. The van der Waals surface area contributed by atoms with Gasteiger partial charge in [-0.15, -0.1) is 0 Å². The van der Waals surface area contributed by atoms with Gasteiger partial charge in [-0.05, 0) is 73.9 Å². The third-order valence-corrected chi connectivity index (χ3v) is 4.72. The molecule has 0 spiro atoms. The van der Waals surface area contributed by atoms with Crippen molar-refractivity contribution in [1.82, 2.24) is 5.32 Å². The molecule has 0 saturated heterocycles. The Labute approximate surface area is 144 Å². The Balaban J connectivity index is 1.57. The highest BCUT2D eigenvalue weighted by molar-refractivity contribution is 5.80. The van der Waals surface area contributed by atoms with Crippen LogP contribution >= 0.6 is 0 Å². The van der Waals surface area contributed by atoms with Crippen LogP contribution in [0.15, 0.2) is 42.5 Å². The van der Waals surface area contributed by atoms with Crippen LogP contribution < -0.4 is 10.1 Å². The lowest BCUT2D eigenvalue weighted by molar-refractivity contribution is -0.127. The number of nitrogens with one attached hydrogen (secondary N) is 1. The molecule has 3 rings (SSSR count). The van der Waals surface area contributed by atoms with Crippen LogP contribution in [-0.4, -0.2) is 12.0 Å². The van der Waals surface area contributed by atoms with E-state index in [-0.39, 0.29) is 5.91 Å². The number of amides is 1. The van der Waals surface area contributed by atoms with Gasteiger partial charge in [0.05, 0.1) is 0 Å². The summed E-state index contributed by atoms with van der Waals surface area (Å²) in [5, 5.41) is 2.96. The molecule has 3 heteroatoms. The second-order valence-electron chi connectivity index (χ2n) is 6.54. The van der Waals surface area contributed by atoms with Gasteiger partial charge in [-0.3, -0.25) is 4.79 Å². The summed E-state index contributed by atoms with van der Waals surface area (Å²) >= 11 is 0. The lowest BCUT2D eigenvalue weighted by atomic mass is 9.92. The first-order valence-corrected chi connectivity index (χ1v) is 8.74. The van der Waals surface area contributed by atoms with Crippen molar-refractivity contribution in [1.29, 1.82) is 0 Å². The van der Waals surface area contributed by atoms with Crippen molar-refractivity contribution >= 4 is 5.91 Å². The number of ether oxygens (including phenoxy) is 1. The SMILES string of the molecule is Cc1ccccc1CNC(=O)C(C)Oc1ccc2c(c1)CCCC2. The summed E-state index contributed by atoms with van der Waals surface area (Å²) in [5.41, 5.74) is 5.10. The molecule has 126 valence electrons. The van der Waals surface area contributed by atoms with Crippen LogP contribution in [0.1, 0.15) is 42.0 Å². The minimum absolute atomic E-state index is 0.0871. The van der Waals surface area contributed by atoms with E-state index >= 15 is 0 Å². The highest BCUT2D eigenvalue weighted by Gasteiger charge is 2.16. The number of benzene rings is 2. The maximum absolute atomic E-state index is 12.3. The molecule has 1 amide bonds. The van der Waals surface area contributed by atoms with Crippen molar-refractivity contribution in [2.75, 3.05) is 0 Å². The maximum atomic E-state index is 12.3. The van der Waals surface area contributed by atoms with Crippen molar-refractivity contribution in [2.45, 2.75) is 52.2 Å². The highest BCUT2D eigenvalue weighted by Crippen LogP contribution is 2.25. The zero-order valence-corrected chi connectivity index (χ0v) is 14.5. The molecule has 0 aromatic heterocycles. The predicted octanol–water partition coefficient (Wildman–Crippen LogP) is 3.96. The second kappa shape index (κ2) is 7.52. The molecule has 1 atom stereocenters. The van der Waals surface area contributed by atoms with Gasteiger partial charge in [-0.1, -0.05) is 30.3 Å². The molecular weight excluding hydrogens is 298 g/mol. The Morgan fingerprint density at radius 1 is 1.12 bits per heavy atom. The smallest absolute Gasteiger partial charge is 0.261 e. The third kappa shape index (κ3) is 3.97. The minimum Gasteiger partial charge on any atom is -0.481 e. The first kappa shape index (κ1) is 16.6. The molecule has 1 N–H and O–H groups in total. The summed E-state index contributed by atoms with van der Waals surface area (Å²) in [6.45, 7) is 4.38. The molecular formula is C21H25NO2. The van der Waals surface area contributed by atoms with Crippen molar-refractivity contribution in [3.05, 3.63) is 64.7 Å². The van der Waals surface area contributed by atoms with Crippen molar-refractivity contribution < 1.29 is 9.53 Å². The van der Waals surface area contributed by atoms with Crippen LogP contribution in [-0.2, 0) is 24.2 Å². The molecule has 2 aromatic rings. The molecule has 0 heterocycles. The third-order valence-electron chi connectivity index (χ3n) is 4.72. The predicted molar refractivity (Wildman–Crippen MR) is 96.2 cm³/mol. The van der Waals surface area contributed by atoms with E-state index < -0.39 is 6.10 Å². The average molecular weight is 323 g/mol. The van der Waals surface area contributed by atoms with E-state index in [1.54, 1.807) is 6.92 Å². The number of hydrogen-bond acceptors (Lipinski definition) is 2. The van der Waals surface area contributed by atoms with E-state index in [1.807, 2.05) is 24.3 Å². The fourth-order valence-electron chi connectivity index (χ4n) is 3.18. The molecule has 0 aliphatic heterocycles. The first-order valence-electron chi connectivity index (χ1n) is 8.74. The van der Waals surface area contributed by atoms with Crippen LogP contribution in [0.5, 0.6) is 5.75 Å². The molecule has 0 radical (unpaired) electrons. The van der Waals surface area contributed by atoms with E-state index in [4.69, 9.17) is 4.74 Å². The fourth-order valence-corrected chi connectivity index (χ4v) is 3.18. The Hall–Kier alpha value is -2.29. The lowest BCUT2D eigenvalue weighted by Crippen LogP contribution is -2.36. The summed E-state index contributed by atoms with van der Waals surface area (Å²) in [6, 6.07) is 14.3. The Bertz CT molecular complexity index is 724. The van der Waals surface area contributed by atoms with Gasteiger partial charge < -0.3 is 10.1 Å². The van der Waals surface area contributed by atoms with Gasteiger partial charge in [0.25, 0.3) is 5.91 Å². The summed E-state index contributed by atoms with van der Waals surface area (Å²) in [4.78, 5) is 12.3. The van der Waals surface area contributed by atoms with Gasteiger partial charge in [-0.25, -0.2) is 0 Å². The van der Waals surface area contributed by atoms with Crippen molar-refractivity contribution in [2.24, 2.45) is 0 Å². The molecule has 2 aromatic carbocycles. The lowest BCUT2D eigenvalue weighted by Gasteiger charge is -2.19. The fraction of sp³-hybridized carbons (Fsp3) is 0.381. The van der Waals surface area contributed by atoms with Crippen LogP contribution in [0.25, 0.3) is 0 Å². The summed E-state index contributed by atoms with van der Waals surface area (Å²) in [7, 11) is 0. The van der Waals surface area contributed by atoms with Crippen molar-refractivity contribution in [3.63, 3.8) is 0 Å². The Morgan fingerprint density at radius 3 is 2.67 bits per heavy atom. The van der Waals surface area contributed by atoms with Gasteiger partial charge in [0.15, 0.2) is 6.10 Å². The second-order valence-corrected chi connectivity index (χ2v) is 6.54. The monoisotopic (exact) mass is 323 g/mol. The van der Waals surface area contributed by atoms with E-state index in [0.717, 1.165) is 24.2 Å². The average Bonchev–Trinajstić information content (AvgIpc) is 2.60. The topological polar surface area (TPSA) is 38.3 Å². The van der Waals surface area contributed by atoms with Crippen LogP contribution in [0, 0.1) is 6.92 Å². The van der Waals surface area contributed by atoms with Crippen LogP contribution in [0.3, 0.4) is 0 Å². The number of hydrogen-bond donors (Lipinski definition) is 1. The van der Waals surface area contributed by atoms with E-state index in [9.17, 15) is 4.79 Å². The summed E-state index contributed by atoms with van der Waals surface area (Å²) in [6.07, 6.45) is 4.27. The number of rotatable bonds is 5. The van der Waals surface area contributed by atoms with Gasteiger partial charge in [-0.2, -0.15) is 0 Å².